The summed E-state index contributed by atoms with van der Waals surface area (Å²) in [7, 11) is 0. The first kappa shape index (κ1) is 21.5. The second-order valence-corrected chi connectivity index (χ2v) is 6.91. The number of nitrogens with one attached hydrogen (secondary N) is 2. The molecule has 160 valence electrons. The molecule has 1 aliphatic heterocycles. The minimum Gasteiger partial charge on any atom is -0.462 e. The van der Waals surface area contributed by atoms with Crippen LogP contribution in [0.15, 0.2) is 42.7 Å². The Morgan fingerprint density at radius 2 is 1.77 bits per heavy atom. The first-order valence-corrected chi connectivity index (χ1v) is 10.2. The Bertz CT molecular complexity index is 807. The van der Waals surface area contributed by atoms with E-state index in [1.807, 2.05) is 6.07 Å². The Hall–Kier alpha value is -3.20. The number of hydrogen-bond acceptors (Lipinski definition) is 7. The molecule has 1 fully saturated rings. The average molecular weight is 412 g/mol. The van der Waals surface area contributed by atoms with E-state index >= 15 is 0 Å². The molecule has 0 saturated carbocycles. The molecule has 2 heterocycles. The molecule has 30 heavy (non-hydrogen) atoms. The summed E-state index contributed by atoms with van der Waals surface area (Å²) in [5.74, 6) is 0.413. The number of urea groups is 1. The van der Waals surface area contributed by atoms with Crippen LogP contribution in [0.4, 0.5) is 16.4 Å². The molecule has 1 aromatic heterocycles. The van der Waals surface area contributed by atoms with E-state index in [9.17, 15) is 9.59 Å². The maximum atomic E-state index is 12.0. The molecule has 1 aliphatic rings. The number of piperazine rings is 1. The monoisotopic (exact) mass is 412 g/mol. The van der Waals surface area contributed by atoms with Crippen molar-refractivity contribution in [2.45, 2.75) is 13.3 Å². The van der Waals surface area contributed by atoms with E-state index in [0.717, 1.165) is 45.1 Å². The van der Waals surface area contributed by atoms with Crippen molar-refractivity contribution in [1.29, 1.82) is 0 Å². The lowest BCUT2D eigenvalue weighted by Gasteiger charge is -2.34. The molecule has 0 radical (unpaired) electrons. The molecule has 9 nitrogen and oxygen atoms in total. The summed E-state index contributed by atoms with van der Waals surface area (Å²) in [6.07, 6.45) is 4.40. The maximum Gasteiger partial charge on any atom is 0.338 e. The van der Waals surface area contributed by atoms with Gasteiger partial charge in [0.2, 0.25) is 5.95 Å². The number of benzene rings is 1. The van der Waals surface area contributed by atoms with E-state index in [0.29, 0.717) is 24.4 Å². The first-order valence-electron chi connectivity index (χ1n) is 10.2. The van der Waals surface area contributed by atoms with Gasteiger partial charge in [0, 0.05) is 50.8 Å². The molecule has 0 aliphatic carbocycles. The van der Waals surface area contributed by atoms with Gasteiger partial charge in [-0.1, -0.05) is 0 Å². The van der Waals surface area contributed by atoms with Crippen LogP contribution in [-0.2, 0) is 4.74 Å². The van der Waals surface area contributed by atoms with E-state index in [1.54, 1.807) is 43.6 Å². The topological polar surface area (TPSA) is 99.7 Å². The molecule has 0 atom stereocenters. The predicted molar refractivity (Wildman–Crippen MR) is 115 cm³/mol. The Labute approximate surface area is 176 Å². The predicted octanol–water partition coefficient (Wildman–Crippen LogP) is 1.99. The number of hydrogen-bond donors (Lipinski definition) is 2. The third-order valence-electron chi connectivity index (χ3n) is 4.80. The van der Waals surface area contributed by atoms with Gasteiger partial charge in [0.1, 0.15) is 0 Å². The fourth-order valence-electron chi connectivity index (χ4n) is 3.21. The molecule has 0 spiro atoms. The Morgan fingerprint density at radius 1 is 1.07 bits per heavy atom. The van der Waals surface area contributed by atoms with Crippen molar-refractivity contribution in [2.24, 2.45) is 0 Å². The number of aromatic nitrogens is 2. The second kappa shape index (κ2) is 11.1. The molecule has 2 amide bonds. The summed E-state index contributed by atoms with van der Waals surface area (Å²) < 4.78 is 4.94. The number of esters is 1. The van der Waals surface area contributed by atoms with Crippen molar-refractivity contribution in [3.8, 4) is 0 Å². The SMILES string of the molecule is CCOC(=O)c1ccc(NC(=O)NCCCN2CCN(c3ncccn3)CC2)cc1. The van der Waals surface area contributed by atoms with E-state index in [1.165, 1.54) is 0 Å². The Balaban J connectivity index is 1.30. The minimum absolute atomic E-state index is 0.259. The van der Waals surface area contributed by atoms with Gasteiger partial charge in [0.25, 0.3) is 0 Å². The van der Waals surface area contributed by atoms with Crippen LogP contribution in [0.1, 0.15) is 23.7 Å². The van der Waals surface area contributed by atoms with Crippen LogP contribution in [0.3, 0.4) is 0 Å². The van der Waals surface area contributed by atoms with Gasteiger partial charge in [-0.2, -0.15) is 0 Å². The molecule has 3 rings (SSSR count). The summed E-state index contributed by atoms with van der Waals surface area (Å²) in [6, 6.07) is 8.19. The fraction of sp³-hybridized carbons (Fsp3) is 0.429. The molecule has 9 heteroatoms. The Morgan fingerprint density at radius 3 is 2.43 bits per heavy atom. The molecular weight excluding hydrogens is 384 g/mol. The minimum atomic E-state index is -0.370. The molecule has 2 aromatic rings. The van der Waals surface area contributed by atoms with Crippen molar-refractivity contribution >= 4 is 23.6 Å². The van der Waals surface area contributed by atoms with Crippen molar-refractivity contribution in [3.63, 3.8) is 0 Å². The third-order valence-corrected chi connectivity index (χ3v) is 4.80. The zero-order chi connectivity index (χ0) is 21.2. The molecular formula is C21H28N6O3. The van der Waals surface area contributed by atoms with Gasteiger partial charge in [-0.15, -0.1) is 0 Å². The zero-order valence-electron chi connectivity index (χ0n) is 17.2. The van der Waals surface area contributed by atoms with Crippen molar-refractivity contribution in [2.75, 3.05) is 56.1 Å². The lowest BCUT2D eigenvalue weighted by Crippen LogP contribution is -2.47. The highest BCUT2D eigenvalue weighted by Gasteiger charge is 2.18. The molecule has 0 bridgehead atoms. The molecule has 2 N–H and O–H groups in total. The van der Waals surface area contributed by atoms with Gasteiger partial charge in [0.15, 0.2) is 0 Å². The maximum absolute atomic E-state index is 12.0. The van der Waals surface area contributed by atoms with Gasteiger partial charge < -0.3 is 20.3 Å². The number of nitrogens with zero attached hydrogens (tertiary/aromatic N) is 4. The van der Waals surface area contributed by atoms with Gasteiger partial charge >= 0.3 is 12.0 Å². The standard InChI is InChI=1S/C21H28N6O3/c1-2-30-19(28)17-5-7-18(8-6-17)25-21(29)24-11-4-12-26-13-15-27(16-14-26)20-22-9-3-10-23-20/h3,5-10H,2,4,11-16H2,1H3,(H2,24,25,29). The summed E-state index contributed by atoms with van der Waals surface area (Å²) in [4.78, 5) is 36.8. The zero-order valence-corrected chi connectivity index (χ0v) is 17.2. The number of amides is 2. The van der Waals surface area contributed by atoms with Crippen LogP contribution in [0, 0.1) is 0 Å². The quantitative estimate of drug-likeness (QED) is 0.505. The molecule has 0 unspecified atom stereocenters. The average Bonchev–Trinajstić information content (AvgIpc) is 2.78. The van der Waals surface area contributed by atoms with Gasteiger partial charge in [-0.05, 0) is 50.2 Å². The number of ether oxygens (including phenoxy) is 1. The highest BCUT2D eigenvalue weighted by Crippen LogP contribution is 2.11. The highest BCUT2D eigenvalue weighted by molar-refractivity contribution is 5.92. The summed E-state index contributed by atoms with van der Waals surface area (Å²) >= 11 is 0. The first-order chi connectivity index (χ1) is 14.7. The van der Waals surface area contributed by atoms with E-state index < -0.39 is 0 Å². The van der Waals surface area contributed by atoms with Crippen LogP contribution >= 0.6 is 0 Å². The van der Waals surface area contributed by atoms with Crippen LogP contribution in [0.5, 0.6) is 0 Å². The fourth-order valence-corrected chi connectivity index (χ4v) is 3.21. The molecule has 1 aromatic carbocycles. The van der Waals surface area contributed by atoms with Gasteiger partial charge in [0.05, 0.1) is 12.2 Å². The van der Waals surface area contributed by atoms with Crippen molar-refractivity contribution in [3.05, 3.63) is 48.3 Å². The number of carbonyl (C=O) groups is 2. The highest BCUT2D eigenvalue weighted by atomic mass is 16.5. The summed E-state index contributed by atoms with van der Waals surface area (Å²) in [5.41, 5.74) is 1.08. The van der Waals surface area contributed by atoms with E-state index in [4.69, 9.17) is 4.74 Å². The number of anilines is 2. The van der Waals surface area contributed by atoms with Crippen LogP contribution in [0.2, 0.25) is 0 Å². The van der Waals surface area contributed by atoms with E-state index in [-0.39, 0.29) is 12.0 Å². The van der Waals surface area contributed by atoms with Gasteiger partial charge in [-0.3, -0.25) is 4.90 Å². The second-order valence-electron chi connectivity index (χ2n) is 6.91. The number of carbonyl (C=O) groups excluding carboxylic acids is 2. The van der Waals surface area contributed by atoms with Crippen molar-refractivity contribution in [1.82, 2.24) is 20.2 Å². The largest absolute Gasteiger partial charge is 0.462 e. The smallest absolute Gasteiger partial charge is 0.338 e. The van der Waals surface area contributed by atoms with Crippen molar-refractivity contribution < 1.29 is 14.3 Å². The van der Waals surface area contributed by atoms with Crippen LogP contribution < -0.4 is 15.5 Å². The number of rotatable bonds is 8. The normalized spacial score (nSPS) is 14.2. The lowest BCUT2D eigenvalue weighted by atomic mass is 10.2. The third kappa shape index (κ3) is 6.41. The summed E-state index contributed by atoms with van der Waals surface area (Å²) in [5, 5.41) is 5.63. The summed E-state index contributed by atoms with van der Waals surface area (Å²) in [6.45, 7) is 7.33. The molecule has 1 saturated heterocycles. The van der Waals surface area contributed by atoms with Crippen LogP contribution in [0.25, 0.3) is 0 Å². The lowest BCUT2D eigenvalue weighted by molar-refractivity contribution is 0.0526. The van der Waals surface area contributed by atoms with Gasteiger partial charge in [-0.25, -0.2) is 19.6 Å². The van der Waals surface area contributed by atoms with E-state index in [2.05, 4.69) is 30.4 Å². The Kier molecular flexibility index (Phi) is 7.96. The van der Waals surface area contributed by atoms with Crippen LogP contribution in [-0.4, -0.2) is 72.7 Å².